The summed E-state index contributed by atoms with van der Waals surface area (Å²) < 4.78 is 0.101. The lowest BCUT2D eigenvalue weighted by Crippen LogP contribution is -2.34. The van der Waals surface area contributed by atoms with E-state index in [2.05, 4.69) is 5.32 Å². The Morgan fingerprint density at radius 2 is 1.85 bits per heavy atom. The molecular weight excluding hydrogens is 291 g/mol. The predicted octanol–water partition coefficient (Wildman–Crippen LogP) is 2.77. The Hall–Kier alpha value is 1.00. The number of rotatable bonds is 1. The summed E-state index contributed by atoms with van der Waals surface area (Å²) in [6.45, 7) is 0. The standard InChI is InChI=1S/C5H7Cl3N2S3/c1-9-3(11)4(12)10(2)13-5(6,7)8/h1-2H3,(H,9,11). The van der Waals surface area contributed by atoms with Gasteiger partial charge in [0.05, 0.1) is 0 Å². The topological polar surface area (TPSA) is 15.3 Å². The maximum atomic E-state index is 5.55. The normalized spacial score (nSPS) is 10.8. The molecule has 0 spiro atoms. The number of likely N-dealkylation sites (N-methyl/N-ethyl adjacent to an activating group) is 2. The molecule has 0 fully saturated rings. The zero-order chi connectivity index (χ0) is 10.6. The molecule has 0 amide bonds. The molecule has 13 heavy (non-hydrogen) atoms. The molecule has 1 N–H and O–H groups in total. The van der Waals surface area contributed by atoms with E-state index in [1.54, 1.807) is 14.1 Å². The second-order valence-corrected chi connectivity index (χ2v) is 7.01. The first-order chi connectivity index (χ1) is 5.78. The molecule has 2 nitrogen and oxygen atoms in total. The summed E-state index contributed by atoms with van der Waals surface area (Å²) in [6.07, 6.45) is 0. The van der Waals surface area contributed by atoms with Crippen molar-refractivity contribution in [2.45, 2.75) is 3.12 Å². The maximum absolute atomic E-state index is 5.55. The van der Waals surface area contributed by atoms with Gasteiger partial charge in [-0.1, -0.05) is 59.2 Å². The molecule has 0 aliphatic carbocycles. The molecule has 0 aliphatic rings. The predicted molar refractivity (Wildman–Crippen MR) is 69.9 cm³/mol. The number of nitrogens with one attached hydrogen (secondary N) is 1. The van der Waals surface area contributed by atoms with Crippen LogP contribution in [-0.4, -0.2) is 31.5 Å². The second kappa shape index (κ2) is 5.78. The number of halogens is 3. The number of alkyl halides is 3. The van der Waals surface area contributed by atoms with Crippen LogP contribution in [0.4, 0.5) is 0 Å². The van der Waals surface area contributed by atoms with Crippen LogP contribution < -0.4 is 5.32 Å². The van der Waals surface area contributed by atoms with Crippen molar-refractivity contribution in [3.8, 4) is 0 Å². The largest absolute Gasteiger partial charge is 0.377 e. The van der Waals surface area contributed by atoms with Gasteiger partial charge in [0, 0.05) is 26.0 Å². The van der Waals surface area contributed by atoms with Gasteiger partial charge in [0.25, 0.3) is 3.12 Å². The van der Waals surface area contributed by atoms with Gasteiger partial charge in [-0.3, -0.25) is 0 Å². The SMILES string of the molecule is CNC(=S)C(=S)N(C)SC(Cl)(Cl)Cl. The van der Waals surface area contributed by atoms with E-state index in [1.165, 1.54) is 4.31 Å². The molecule has 0 bridgehead atoms. The van der Waals surface area contributed by atoms with Gasteiger partial charge >= 0.3 is 0 Å². The summed E-state index contributed by atoms with van der Waals surface area (Å²) >= 11 is 27.5. The Kier molecular flexibility index (Phi) is 6.22. The monoisotopic (exact) mass is 296 g/mol. The molecule has 76 valence electrons. The summed E-state index contributed by atoms with van der Waals surface area (Å²) in [5.74, 6) is 0. The van der Waals surface area contributed by atoms with Crippen LogP contribution >= 0.6 is 71.2 Å². The molecule has 0 aromatic carbocycles. The van der Waals surface area contributed by atoms with Crippen LogP contribution in [0.25, 0.3) is 0 Å². The van der Waals surface area contributed by atoms with E-state index in [9.17, 15) is 0 Å². The summed E-state index contributed by atoms with van der Waals surface area (Å²) in [4.78, 5) is 0.869. The third-order valence-corrected chi connectivity index (χ3v) is 3.35. The van der Waals surface area contributed by atoms with Crippen LogP contribution in [-0.2, 0) is 0 Å². The number of nitrogens with zero attached hydrogens (tertiary/aromatic N) is 1. The van der Waals surface area contributed by atoms with Crippen LogP contribution in [0.3, 0.4) is 0 Å². The molecule has 0 aromatic rings. The van der Waals surface area contributed by atoms with Crippen molar-refractivity contribution >= 4 is 81.2 Å². The van der Waals surface area contributed by atoms with Gasteiger partial charge in [-0.25, -0.2) is 0 Å². The first kappa shape index (κ1) is 14.0. The quantitative estimate of drug-likeness (QED) is 0.453. The van der Waals surface area contributed by atoms with Gasteiger partial charge < -0.3 is 9.62 Å². The van der Waals surface area contributed by atoms with E-state index in [1.807, 2.05) is 0 Å². The molecule has 0 aliphatic heterocycles. The van der Waals surface area contributed by atoms with Gasteiger partial charge in [-0.15, -0.1) is 0 Å². The Labute approximate surface area is 107 Å². The minimum absolute atomic E-state index is 0.425. The fraction of sp³-hybridized carbons (Fsp3) is 0.600. The fourth-order valence-corrected chi connectivity index (χ4v) is 2.27. The first-order valence-electron chi connectivity index (χ1n) is 3.03. The molecule has 0 rings (SSSR count). The van der Waals surface area contributed by atoms with Crippen molar-refractivity contribution in [2.75, 3.05) is 14.1 Å². The molecule has 0 aromatic heterocycles. The average Bonchev–Trinajstić information content (AvgIpc) is 1.98. The zero-order valence-corrected chi connectivity index (χ0v) is 11.5. The number of hydrogen-bond donors (Lipinski definition) is 1. The van der Waals surface area contributed by atoms with Crippen molar-refractivity contribution in [3.05, 3.63) is 0 Å². The minimum Gasteiger partial charge on any atom is -0.377 e. The first-order valence-corrected chi connectivity index (χ1v) is 5.76. The fourth-order valence-electron chi connectivity index (χ4n) is 0.447. The third kappa shape index (κ3) is 6.14. The van der Waals surface area contributed by atoms with Crippen molar-refractivity contribution in [2.24, 2.45) is 0 Å². The van der Waals surface area contributed by atoms with E-state index in [0.717, 1.165) is 11.9 Å². The van der Waals surface area contributed by atoms with Crippen LogP contribution in [0.15, 0.2) is 0 Å². The number of hydrogen-bond acceptors (Lipinski definition) is 3. The molecule has 0 heterocycles. The highest BCUT2D eigenvalue weighted by Crippen LogP contribution is 2.40. The third-order valence-electron chi connectivity index (χ3n) is 0.948. The minimum atomic E-state index is -1.43. The van der Waals surface area contributed by atoms with Gasteiger partial charge in [0.15, 0.2) is 0 Å². The summed E-state index contributed by atoms with van der Waals surface area (Å²) in [6, 6.07) is 0. The molecule has 0 saturated carbocycles. The van der Waals surface area contributed by atoms with Gasteiger partial charge in [-0.05, 0) is 0 Å². The summed E-state index contributed by atoms with van der Waals surface area (Å²) in [5, 5.41) is 2.74. The Balaban J connectivity index is 4.20. The van der Waals surface area contributed by atoms with E-state index >= 15 is 0 Å². The van der Waals surface area contributed by atoms with Crippen molar-refractivity contribution in [3.63, 3.8) is 0 Å². The lowest BCUT2D eigenvalue weighted by Gasteiger charge is -2.22. The Morgan fingerprint density at radius 1 is 1.38 bits per heavy atom. The Morgan fingerprint density at radius 3 is 2.15 bits per heavy atom. The molecule has 0 unspecified atom stereocenters. The molecule has 8 heteroatoms. The van der Waals surface area contributed by atoms with E-state index in [4.69, 9.17) is 59.2 Å². The van der Waals surface area contributed by atoms with E-state index in [0.29, 0.717) is 9.98 Å². The van der Waals surface area contributed by atoms with Crippen LogP contribution in [0.5, 0.6) is 0 Å². The van der Waals surface area contributed by atoms with Crippen molar-refractivity contribution in [1.82, 2.24) is 9.62 Å². The molecular formula is C5H7Cl3N2S3. The smallest absolute Gasteiger partial charge is 0.256 e. The highest BCUT2D eigenvalue weighted by Gasteiger charge is 2.25. The van der Waals surface area contributed by atoms with Gasteiger partial charge in [0.1, 0.15) is 9.98 Å². The summed E-state index contributed by atoms with van der Waals surface area (Å²) in [5.41, 5.74) is 0. The highest BCUT2D eigenvalue weighted by molar-refractivity contribution is 8.04. The summed E-state index contributed by atoms with van der Waals surface area (Å²) in [7, 11) is 3.36. The average molecular weight is 298 g/mol. The maximum Gasteiger partial charge on any atom is 0.256 e. The van der Waals surface area contributed by atoms with Crippen molar-refractivity contribution < 1.29 is 0 Å². The lowest BCUT2D eigenvalue weighted by atomic mass is 10.6. The lowest BCUT2D eigenvalue weighted by molar-refractivity contribution is 0.870. The van der Waals surface area contributed by atoms with Gasteiger partial charge in [-0.2, -0.15) is 0 Å². The highest BCUT2D eigenvalue weighted by atomic mass is 35.6. The van der Waals surface area contributed by atoms with E-state index in [-0.39, 0.29) is 0 Å². The molecule has 0 radical (unpaired) electrons. The Bertz CT molecular complexity index is 216. The molecule has 0 atom stereocenters. The van der Waals surface area contributed by atoms with Crippen molar-refractivity contribution in [1.29, 1.82) is 0 Å². The van der Waals surface area contributed by atoms with Crippen LogP contribution in [0.2, 0.25) is 0 Å². The zero-order valence-electron chi connectivity index (χ0n) is 6.81. The van der Waals surface area contributed by atoms with Crippen LogP contribution in [0.1, 0.15) is 0 Å². The number of thiocarbonyl (C=S) groups is 2. The van der Waals surface area contributed by atoms with E-state index < -0.39 is 3.12 Å². The van der Waals surface area contributed by atoms with Crippen LogP contribution in [0, 0.1) is 0 Å². The molecule has 0 saturated heterocycles. The van der Waals surface area contributed by atoms with Gasteiger partial charge in [0.2, 0.25) is 0 Å². The second-order valence-electron chi connectivity index (χ2n) is 1.92.